The summed E-state index contributed by atoms with van der Waals surface area (Å²) in [5, 5.41) is 3.01. The fraction of sp³-hybridized carbons (Fsp3) is 0.636. The van der Waals surface area contributed by atoms with Crippen LogP contribution in [0.2, 0.25) is 0 Å². The lowest BCUT2D eigenvalue weighted by Crippen LogP contribution is -2.34. The molecule has 1 aromatic rings. The van der Waals surface area contributed by atoms with E-state index in [2.05, 4.69) is 37.1 Å². The van der Waals surface area contributed by atoms with Crippen molar-refractivity contribution in [3.63, 3.8) is 0 Å². The number of nitrogens with one attached hydrogen (secondary N) is 1. The van der Waals surface area contributed by atoms with Crippen molar-refractivity contribution < 1.29 is 18.3 Å². The highest BCUT2D eigenvalue weighted by Crippen LogP contribution is 2.35. The normalized spacial score (nSPS) is 19.0. The molecule has 0 radical (unpaired) electrons. The SMILES string of the molecule is CCC(F)(F)COc1ccc(C(C)NC(=O)C2CC=C(C(C)(C)C)CC2)nc1. The largest absolute Gasteiger partial charge is 0.486 e. The van der Waals surface area contributed by atoms with Crippen molar-refractivity contribution in [1.29, 1.82) is 0 Å². The number of alkyl halides is 2. The van der Waals surface area contributed by atoms with Crippen LogP contribution < -0.4 is 10.1 Å². The maximum atomic E-state index is 13.3. The molecule has 156 valence electrons. The van der Waals surface area contributed by atoms with Crippen molar-refractivity contribution >= 4 is 5.91 Å². The Kier molecular flexibility index (Phi) is 7.18. The van der Waals surface area contributed by atoms with Crippen LogP contribution in [0, 0.1) is 11.3 Å². The molecule has 1 N–H and O–H groups in total. The molecule has 28 heavy (non-hydrogen) atoms. The van der Waals surface area contributed by atoms with Gasteiger partial charge in [-0.15, -0.1) is 0 Å². The van der Waals surface area contributed by atoms with E-state index < -0.39 is 12.5 Å². The van der Waals surface area contributed by atoms with Gasteiger partial charge in [-0.25, -0.2) is 8.78 Å². The van der Waals surface area contributed by atoms with Crippen LogP contribution in [0.15, 0.2) is 30.0 Å². The van der Waals surface area contributed by atoms with E-state index in [9.17, 15) is 13.6 Å². The van der Waals surface area contributed by atoms with Gasteiger partial charge in [-0.1, -0.05) is 39.3 Å². The van der Waals surface area contributed by atoms with Gasteiger partial charge in [-0.05, 0) is 43.7 Å². The maximum Gasteiger partial charge on any atom is 0.281 e. The lowest BCUT2D eigenvalue weighted by atomic mass is 9.77. The van der Waals surface area contributed by atoms with Gasteiger partial charge in [0.15, 0.2) is 6.61 Å². The number of hydrogen-bond acceptors (Lipinski definition) is 3. The Morgan fingerprint density at radius 2 is 2.07 bits per heavy atom. The third kappa shape index (κ3) is 6.28. The second-order valence-electron chi connectivity index (χ2n) is 8.60. The Bertz CT molecular complexity index is 693. The van der Waals surface area contributed by atoms with E-state index in [-0.39, 0.29) is 29.7 Å². The molecule has 4 nitrogen and oxygen atoms in total. The van der Waals surface area contributed by atoms with Crippen LogP contribution in [0.5, 0.6) is 5.75 Å². The highest BCUT2D eigenvalue weighted by molar-refractivity contribution is 5.79. The lowest BCUT2D eigenvalue weighted by Gasteiger charge is -2.29. The van der Waals surface area contributed by atoms with Crippen LogP contribution in [0.25, 0.3) is 0 Å². The number of rotatable bonds is 7. The van der Waals surface area contributed by atoms with Crippen molar-refractivity contribution in [3.05, 3.63) is 35.7 Å². The molecule has 0 bridgehead atoms. The Labute approximate surface area is 166 Å². The number of halogens is 2. The molecule has 1 heterocycles. The molecule has 0 saturated heterocycles. The lowest BCUT2D eigenvalue weighted by molar-refractivity contribution is -0.126. The second kappa shape index (κ2) is 9.01. The average molecular weight is 395 g/mol. The first-order valence-corrected chi connectivity index (χ1v) is 9.98. The first-order chi connectivity index (χ1) is 13.0. The molecule has 0 aromatic carbocycles. The van der Waals surface area contributed by atoms with Crippen LogP contribution in [0.3, 0.4) is 0 Å². The molecule has 1 aliphatic carbocycles. The molecule has 0 saturated carbocycles. The first kappa shape index (κ1) is 22.3. The molecular formula is C22H32F2N2O2. The summed E-state index contributed by atoms with van der Waals surface area (Å²) in [5.74, 6) is -2.54. The summed E-state index contributed by atoms with van der Waals surface area (Å²) in [6, 6.07) is 3.05. The Balaban J connectivity index is 1.88. The van der Waals surface area contributed by atoms with Gasteiger partial charge < -0.3 is 10.1 Å². The minimum absolute atomic E-state index is 0.0209. The molecule has 2 rings (SSSR count). The zero-order chi connectivity index (χ0) is 20.9. The number of carbonyl (C=O) groups excluding carboxylic acids is 1. The Morgan fingerprint density at radius 1 is 1.36 bits per heavy atom. The highest BCUT2D eigenvalue weighted by Gasteiger charge is 2.28. The number of carbonyl (C=O) groups is 1. The Morgan fingerprint density at radius 3 is 2.57 bits per heavy atom. The number of amides is 1. The smallest absolute Gasteiger partial charge is 0.281 e. The average Bonchev–Trinajstić information content (AvgIpc) is 2.66. The second-order valence-corrected chi connectivity index (χ2v) is 8.60. The van der Waals surface area contributed by atoms with Gasteiger partial charge in [-0.3, -0.25) is 9.78 Å². The molecule has 6 heteroatoms. The summed E-state index contributed by atoms with van der Waals surface area (Å²) in [6.07, 6.45) is 5.92. The van der Waals surface area contributed by atoms with Crippen LogP contribution in [-0.4, -0.2) is 23.4 Å². The molecular weight excluding hydrogens is 362 g/mol. The molecule has 1 aliphatic rings. The number of allylic oxidation sites excluding steroid dienone is 2. The maximum absolute atomic E-state index is 13.3. The summed E-state index contributed by atoms with van der Waals surface area (Å²) in [5.41, 5.74) is 2.24. The molecule has 2 atom stereocenters. The standard InChI is InChI=1S/C22H32F2N2O2/c1-6-22(23,24)14-28-18-11-12-19(25-13-18)15(2)26-20(27)16-7-9-17(10-8-16)21(3,4)5/h9,11-13,15-16H,6-8,10,14H2,1-5H3,(H,26,27). The minimum Gasteiger partial charge on any atom is -0.486 e. The predicted molar refractivity (Wildman–Crippen MR) is 106 cm³/mol. The summed E-state index contributed by atoms with van der Waals surface area (Å²) in [4.78, 5) is 16.8. The van der Waals surface area contributed by atoms with Crippen LogP contribution in [0.1, 0.15) is 72.0 Å². The van der Waals surface area contributed by atoms with Gasteiger partial charge in [0.2, 0.25) is 5.91 Å². The summed E-state index contributed by atoms with van der Waals surface area (Å²) in [7, 11) is 0. The van der Waals surface area contributed by atoms with Gasteiger partial charge in [0.05, 0.1) is 17.9 Å². The van der Waals surface area contributed by atoms with Crippen molar-refractivity contribution in [3.8, 4) is 5.75 Å². The van der Waals surface area contributed by atoms with Crippen molar-refractivity contribution in [2.24, 2.45) is 11.3 Å². The van der Waals surface area contributed by atoms with Crippen LogP contribution in [0.4, 0.5) is 8.78 Å². The molecule has 1 aromatic heterocycles. The Hall–Kier alpha value is -1.98. The van der Waals surface area contributed by atoms with Gasteiger partial charge in [0.25, 0.3) is 5.92 Å². The van der Waals surface area contributed by atoms with Crippen LogP contribution >= 0.6 is 0 Å². The summed E-state index contributed by atoms with van der Waals surface area (Å²) in [6.45, 7) is 9.21. The van der Waals surface area contributed by atoms with E-state index in [0.717, 1.165) is 19.3 Å². The first-order valence-electron chi connectivity index (χ1n) is 9.98. The summed E-state index contributed by atoms with van der Waals surface area (Å²) < 4.78 is 31.6. The zero-order valence-corrected chi connectivity index (χ0v) is 17.5. The fourth-order valence-electron chi connectivity index (χ4n) is 3.18. The number of hydrogen-bond donors (Lipinski definition) is 1. The van der Waals surface area contributed by atoms with E-state index in [1.54, 1.807) is 12.1 Å². The van der Waals surface area contributed by atoms with Gasteiger partial charge in [0.1, 0.15) is 5.75 Å². The quantitative estimate of drug-likeness (QED) is 0.625. The number of pyridine rings is 1. The third-order valence-electron chi connectivity index (χ3n) is 5.27. The topological polar surface area (TPSA) is 51.2 Å². The molecule has 1 amide bonds. The fourth-order valence-corrected chi connectivity index (χ4v) is 3.18. The van der Waals surface area contributed by atoms with E-state index in [1.807, 2.05) is 6.92 Å². The van der Waals surface area contributed by atoms with E-state index in [1.165, 1.54) is 18.7 Å². The number of nitrogens with zero attached hydrogens (tertiary/aromatic N) is 1. The van der Waals surface area contributed by atoms with Gasteiger partial charge in [0, 0.05) is 12.3 Å². The third-order valence-corrected chi connectivity index (χ3v) is 5.27. The summed E-state index contributed by atoms with van der Waals surface area (Å²) >= 11 is 0. The van der Waals surface area contributed by atoms with Crippen molar-refractivity contribution in [2.45, 2.75) is 72.3 Å². The van der Waals surface area contributed by atoms with Gasteiger partial charge in [-0.2, -0.15) is 0 Å². The monoisotopic (exact) mass is 394 g/mol. The molecule has 2 unspecified atom stereocenters. The molecule has 0 fully saturated rings. The van der Waals surface area contributed by atoms with Crippen LogP contribution in [-0.2, 0) is 4.79 Å². The minimum atomic E-state index is -2.85. The van der Waals surface area contributed by atoms with E-state index in [0.29, 0.717) is 11.4 Å². The highest BCUT2D eigenvalue weighted by atomic mass is 19.3. The zero-order valence-electron chi connectivity index (χ0n) is 17.5. The molecule has 0 aliphatic heterocycles. The molecule has 0 spiro atoms. The number of ether oxygens (including phenoxy) is 1. The van der Waals surface area contributed by atoms with Crippen molar-refractivity contribution in [2.75, 3.05) is 6.61 Å². The number of aromatic nitrogens is 1. The van der Waals surface area contributed by atoms with E-state index in [4.69, 9.17) is 4.74 Å². The predicted octanol–water partition coefficient (Wildman–Crippen LogP) is 5.46. The van der Waals surface area contributed by atoms with Gasteiger partial charge >= 0.3 is 0 Å². The van der Waals surface area contributed by atoms with Crippen molar-refractivity contribution in [1.82, 2.24) is 10.3 Å². The van der Waals surface area contributed by atoms with E-state index >= 15 is 0 Å².